The molecule has 0 bridgehead atoms. The number of benzene rings is 1. The third kappa shape index (κ3) is 6.98. The van der Waals surface area contributed by atoms with Crippen LogP contribution < -0.4 is 9.64 Å². The minimum absolute atomic E-state index is 0.0406. The number of aliphatic hydroxyl groups excluding tert-OH is 1. The molecule has 1 aromatic carbocycles. The molecule has 3 rings (SSSR count). The molecule has 1 aromatic heterocycles. The van der Waals surface area contributed by atoms with E-state index in [2.05, 4.69) is 13.6 Å². The molecule has 1 aliphatic heterocycles. The summed E-state index contributed by atoms with van der Waals surface area (Å²) in [7, 11) is 0. The second-order valence-electron chi connectivity index (χ2n) is 8.74. The van der Waals surface area contributed by atoms with E-state index in [1.807, 2.05) is 25.7 Å². The first-order valence-corrected chi connectivity index (χ1v) is 11.5. The quantitative estimate of drug-likeness (QED) is 0.383. The van der Waals surface area contributed by atoms with Crippen LogP contribution in [0.1, 0.15) is 36.7 Å². The average molecular weight is 496 g/mol. The molecule has 1 amide bonds. The van der Waals surface area contributed by atoms with Crippen LogP contribution in [0.15, 0.2) is 24.3 Å². The van der Waals surface area contributed by atoms with Crippen molar-refractivity contribution < 1.29 is 29.3 Å². The van der Waals surface area contributed by atoms with Gasteiger partial charge in [0, 0.05) is 24.2 Å². The van der Waals surface area contributed by atoms with Crippen molar-refractivity contribution in [3.63, 3.8) is 0 Å². The van der Waals surface area contributed by atoms with Gasteiger partial charge in [-0.05, 0) is 38.5 Å². The van der Waals surface area contributed by atoms with Gasteiger partial charge in [0.15, 0.2) is 0 Å². The number of rotatable bonds is 10. The Morgan fingerprint density at radius 2 is 1.97 bits per heavy atom. The molecule has 12 nitrogen and oxygen atoms in total. The van der Waals surface area contributed by atoms with Crippen LogP contribution in [0.3, 0.4) is 0 Å². The van der Waals surface area contributed by atoms with E-state index < -0.39 is 16.7 Å². The molecule has 34 heavy (non-hydrogen) atoms. The summed E-state index contributed by atoms with van der Waals surface area (Å²) in [5, 5.41) is 20.2. The summed E-state index contributed by atoms with van der Waals surface area (Å²) in [6.45, 7) is 7.99. The second kappa shape index (κ2) is 11.4. The normalized spacial score (nSPS) is 15.0. The fraction of sp³-hybridized carbons (Fsp3) is 0.571. The third-order valence-corrected chi connectivity index (χ3v) is 5.65. The molecule has 1 saturated heterocycles. The van der Waals surface area contributed by atoms with Crippen LogP contribution in [0.5, 0.6) is 5.88 Å². The topological polar surface area (TPSA) is 140 Å². The third-order valence-electron chi connectivity index (χ3n) is 5.15. The van der Waals surface area contributed by atoms with Crippen LogP contribution in [-0.4, -0.2) is 80.8 Å². The second-order valence-corrected chi connectivity index (χ2v) is 9.27. The van der Waals surface area contributed by atoms with Crippen LogP contribution >= 0.6 is 11.7 Å². The van der Waals surface area contributed by atoms with Crippen molar-refractivity contribution in [2.24, 2.45) is 0 Å². The lowest BCUT2D eigenvalue weighted by molar-refractivity contribution is -0.763. The number of hydrogen-bond donors (Lipinski definition) is 1. The molecule has 1 atom stereocenters. The minimum Gasteiger partial charge on any atom is -0.472 e. The van der Waals surface area contributed by atoms with Gasteiger partial charge in [-0.2, -0.15) is 4.37 Å². The number of ether oxygens (including phenoxy) is 2. The Kier molecular flexibility index (Phi) is 8.58. The van der Waals surface area contributed by atoms with E-state index in [4.69, 9.17) is 9.47 Å². The predicted molar refractivity (Wildman–Crippen MR) is 123 cm³/mol. The van der Waals surface area contributed by atoms with Crippen molar-refractivity contribution in [3.8, 4) is 5.88 Å². The zero-order valence-corrected chi connectivity index (χ0v) is 20.2. The number of aliphatic hydroxyl groups is 1. The fourth-order valence-electron chi connectivity index (χ4n) is 3.36. The molecule has 0 radical (unpaired) electrons. The van der Waals surface area contributed by atoms with Crippen molar-refractivity contribution in [1.29, 1.82) is 0 Å². The Labute approximate surface area is 201 Å². The summed E-state index contributed by atoms with van der Waals surface area (Å²) in [6, 6.07) is 6.36. The van der Waals surface area contributed by atoms with Gasteiger partial charge in [-0.1, -0.05) is 12.1 Å². The maximum absolute atomic E-state index is 13.2. The van der Waals surface area contributed by atoms with E-state index in [0.717, 1.165) is 11.7 Å². The standard InChI is InChI=1S/C21H29N5O7S/c1-21(2,3)25(20(28)16-6-4-15(5-7-16)13-33-26(29)30)12-17(27)14-32-19-18(22-34-23-19)24-8-10-31-11-9-24/h4-7,17,27H,8-14H2,1-3H3. The summed E-state index contributed by atoms with van der Waals surface area (Å²) in [5.41, 5.74) is 0.384. The molecule has 1 fully saturated rings. The number of nitrogens with zero attached hydrogens (tertiary/aromatic N) is 5. The minimum atomic E-state index is -0.963. The van der Waals surface area contributed by atoms with E-state index in [-0.39, 0.29) is 25.7 Å². The summed E-state index contributed by atoms with van der Waals surface area (Å²) in [6.07, 6.45) is -0.963. The van der Waals surface area contributed by atoms with Crippen LogP contribution in [0.2, 0.25) is 0 Å². The van der Waals surface area contributed by atoms with Crippen LogP contribution in [0, 0.1) is 10.1 Å². The number of anilines is 1. The lowest BCUT2D eigenvalue weighted by atomic mass is 10.0. The van der Waals surface area contributed by atoms with Gasteiger partial charge >= 0.3 is 0 Å². The number of carbonyl (C=O) groups excluding carboxylic acids is 1. The maximum Gasteiger partial charge on any atom is 0.294 e. The highest BCUT2D eigenvalue weighted by Crippen LogP contribution is 2.26. The molecule has 1 unspecified atom stereocenters. The Morgan fingerprint density at radius 3 is 2.59 bits per heavy atom. The summed E-state index contributed by atoms with van der Waals surface area (Å²) in [5.74, 6) is 0.704. The first-order valence-electron chi connectivity index (χ1n) is 10.8. The molecule has 2 aromatic rings. The average Bonchev–Trinajstić information content (AvgIpc) is 3.28. The Morgan fingerprint density at radius 1 is 1.29 bits per heavy atom. The highest BCUT2D eigenvalue weighted by Gasteiger charge is 2.30. The van der Waals surface area contributed by atoms with E-state index in [0.29, 0.717) is 49.1 Å². The van der Waals surface area contributed by atoms with Gasteiger partial charge in [-0.25, -0.2) is 0 Å². The van der Waals surface area contributed by atoms with Crippen molar-refractivity contribution in [3.05, 3.63) is 45.5 Å². The van der Waals surface area contributed by atoms with Gasteiger partial charge in [0.1, 0.15) is 19.3 Å². The van der Waals surface area contributed by atoms with E-state index >= 15 is 0 Å². The Bertz CT molecular complexity index is 957. The van der Waals surface area contributed by atoms with E-state index in [1.54, 1.807) is 29.2 Å². The van der Waals surface area contributed by atoms with Gasteiger partial charge in [-0.3, -0.25) is 4.79 Å². The van der Waals surface area contributed by atoms with Gasteiger partial charge in [0.05, 0.1) is 31.5 Å². The highest BCUT2D eigenvalue weighted by molar-refractivity contribution is 6.99. The molecule has 0 spiro atoms. The summed E-state index contributed by atoms with van der Waals surface area (Å²) < 4.78 is 19.6. The Balaban J connectivity index is 1.61. The maximum atomic E-state index is 13.2. The molecule has 13 heteroatoms. The number of morpholine rings is 1. The number of amides is 1. The molecular formula is C21H29N5O7S. The smallest absolute Gasteiger partial charge is 0.294 e. The molecule has 1 N–H and O–H groups in total. The van der Waals surface area contributed by atoms with Crippen molar-refractivity contribution in [1.82, 2.24) is 13.6 Å². The summed E-state index contributed by atoms with van der Waals surface area (Å²) in [4.78, 5) is 31.5. The number of carbonyl (C=O) groups is 1. The zero-order chi connectivity index (χ0) is 24.7. The predicted octanol–water partition coefficient (Wildman–Crippen LogP) is 1.76. The number of hydrogen-bond acceptors (Lipinski definition) is 11. The molecule has 0 aliphatic carbocycles. The van der Waals surface area contributed by atoms with Gasteiger partial charge in [0.25, 0.3) is 16.9 Å². The molecule has 1 aliphatic rings. The van der Waals surface area contributed by atoms with Crippen molar-refractivity contribution in [2.75, 3.05) is 44.4 Å². The van der Waals surface area contributed by atoms with Crippen LogP contribution in [0.4, 0.5) is 5.82 Å². The SMILES string of the molecule is CC(C)(C)N(CC(O)COc1nsnc1N1CCOCC1)C(=O)c1ccc(CO[N+](=O)[O-])cc1. The van der Waals surface area contributed by atoms with E-state index in [1.165, 1.54) is 0 Å². The lowest BCUT2D eigenvalue weighted by Gasteiger charge is -2.37. The zero-order valence-electron chi connectivity index (χ0n) is 19.4. The fourth-order valence-corrected chi connectivity index (χ4v) is 3.88. The number of β-amino-alcohol motifs (C(OH)–C–C–N with tert-alkyl or cyclic N) is 1. The van der Waals surface area contributed by atoms with Gasteiger partial charge < -0.3 is 29.2 Å². The first-order chi connectivity index (χ1) is 16.1. The summed E-state index contributed by atoms with van der Waals surface area (Å²) >= 11 is 1.04. The highest BCUT2D eigenvalue weighted by atomic mass is 32.1. The van der Waals surface area contributed by atoms with Crippen LogP contribution in [0.25, 0.3) is 0 Å². The Hall–Kier alpha value is -3.03. The molecule has 186 valence electrons. The molecular weight excluding hydrogens is 466 g/mol. The lowest BCUT2D eigenvalue weighted by Crippen LogP contribution is -2.50. The van der Waals surface area contributed by atoms with Crippen molar-refractivity contribution >= 4 is 23.5 Å². The molecule has 0 saturated carbocycles. The monoisotopic (exact) mass is 495 g/mol. The first kappa shape index (κ1) is 25.6. The van der Waals surface area contributed by atoms with Gasteiger partial charge in [-0.15, -0.1) is 14.5 Å². The molecule has 2 heterocycles. The van der Waals surface area contributed by atoms with Crippen LogP contribution in [-0.2, 0) is 16.2 Å². The van der Waals surface area contributed by atoms with E-state index in [9.17, 15) is 20.0 Å². The number of aromatic nitrogens is 2. The largest absolute Gasteiger partial charge is 0.472 e. The van der Waals surface area contributed by atoms with Crippen molar-refractivity contribution in [2.45, 2.75) is 39.0 Å². The van der Waals surface area contributed by atoms with Gasteiger partial charge in [0.2, 0.25) is 5.82 Å².